The van der Waals surface area contributed by atoms with Gasteiger partial charge in [-0.15, -0.1) is 11.3 Å². The molecule has 76 valence electrons. The number of nitrogens with zero attached hydrogens (tertiary/aromatic N) is 2. The highest BCUT2D eigenvalue weighted by molar-refractivity contribution is 7.13. The van der Waals surface area contributed by atoms with Gasteiger partial charge >= 0.3 is 0 Å². The van der Waals surface area contributed by atoms with Gasteiger partial charge in [-0.3, -0.25) is 4.79 Å². The number of hydrogen-bond donors (Lipinski definition) is 1. The van der Waals surface area contributed by atoms with Crippen LogP contribution < -0.4 is 5.73 Å². The largest absolute Gasteiger partial charge is 0.375 e. The molecule has 0 radical (unpaired) electrons. The van der Waals surface area contributed by atoms with Gasteiger partial charge in [0.1, 0.15) is 5.69 Å². The van der Waals surface area contributed by atoms with E-state index in [1.165, 1.54) is 11.3 Å². The summed E-state index contributed by atoms with van der Waals surface area (Å²) in [7, 11) is 0. The summed E-state index contributed by atoms with van der Waals surface area (Å²) in [5, 5.41) is 2.16. The van der Waals surface area contributed by atoms with Crippen molar-refractivity contribution in [3.05, 3.63) is 11.1 Å². The molecule has 0 aliphatic carbocycles. The maximum atomic E-state index is 11.7. The lowest BCUT2D eigenvalue weighted by molar-refractivity contribution is 0.0232. The zero-order valence-electron chi connectivity index (χ0n) is 8.28. The number of likely N-dealkylation sites (tertiary alicyclic amines) is 1. The van der Waals surface area contributed by atoms with E-state index >= 15 is 0 Å². The second-order valence-corrected chi connectivity index (χ2v) is 5.29. The maximum absolute atomic E-state index is 11.7. The first-order chi connectivity index (χ1) is 6.48. The zero-order chi connectivity index (χ0) is 10.3. The van der Waals surface area contributed by atoms with Crippen molar-refractivity contribution in [2.24, 2.45) is 5.41 Å². The van der Waals surface area contributed by atoms with Crippen LogP contribution in [0.2, 0.25) is 0 Å². The highest BCUT2D eigenvalue weighted by atomic mass is 32.1. The van der Waals surface area contributed by atoms with Crippen molar-refractivity contribution < 1.29 is 4.79 Å². The van der Waals surface area contributed by atoms with Crippen LogP contribution in [-0.2, 0) is 0 Å². The molecule has 0 saturated carbocycles. The summed E-state index contributed by atoms with van der Waals surface area (Å²) < 4.78 is 0. The predicted octanol–water partition coefficient (Wildman–Crippen LogP) is 1.21. The zero-order valence-corrected chi connectivity index (χ0v) is 9.10. The summed E-state index contributed by atoms with van der Waals surface area (Å²) in [6.07, 6.45) is 0. The Kier molecular flexibility index (Phi) is 1.99. The second-order valence-electron chi connectivity index (χ2n) is 4.40. The van der Waals surface area contributed by atoms with E-state index in [2.05, 4.69) is 18.8 Å². The Hall–Kier alpha value is -1.10. The third-order valence-corrected chi connectivity index (χ3v) is 2.94. The van der Waals surface area contributed by atoms with Gasteiger partial charge < -0.3 is 10.6 Å². The van der Waals surface area contributed by atoms with Crippen LogP contribution in [-0.4, -0.2) is 28.9 Å². The molecular weight excluding hydrogens is 198 g/mol. The van der Waals surface area contributed by atoms with E-state index in [9.17, 15) is 4.79 Å². The monoisotopic (exact) mass is 211 g/mol. The fraction of sp³-hybridized carbons (Fsp3) is 0.556. The van der Waals surface area contributed by atoms with Gasteiger partial charge in [-0.25, -0.2) is 4.98 Å². The smallest absolute Gasteiger partial charge is 0.273 e. The minimum atomic E-state index is -0.00252. The first kappa shape index (κ1) is 9.45. The maximum Gasteiger partial charge on any atom is 0.273 e. The standard InChI is InChI=1S/C9H13N3OS/c1-9(2)4-12(5-9)7(13)6-3-14-8(10)11-6/h3H,4-5H2,1-2H3,(H2,10,11). The van der Waals surface area contributed by atoms with Crippen molar-refractivity contribution in [3.8, 4) is 0 Å². The van der Waals surface area contributed by atoms with Crippen molar-refractivity contribution in [2.75, 3.05) is 18.8 Å². The summed E-state index contributed by atoms with van der Waals surface area (Å²) in [6.45, 7) is 5.91. The van der Waals surface area contributed by atoms with E-state index in [0.29, 0.717) is 10.8 Å². The Morgan fingerprint density at radius 2 is 2.29 bits per heavy atom. The Bertz CT molecular complexity index is 364. The van der Waals surface area contributed by atoms with Crippen LogP contribution in [0.5, 0.6) is 0 Å². The van der Waals surface area contributed by atoms with Crippen molar-refractivity contribution in [3.63, 3.8) is 0 Å². The molecule has 1 aromatic heterocycles. The lowest BCUT2D eigenvalue weighted by Crippen LogP contribution is -2.55. The molecule has 2 rings (SSSR count). The van der Waals surface area contributed by atoms with Crippen LogP contribution in [0.3, 0.4) is 0 Å². The van der Waals surface area contributed by atoms with Crippen LogP contribution in [0.1, 0.15) is 24.3 Å². The van der Waals surface area contributed by atoms with Gasteiger partial charge in [-0.05, 0) is 5.41 Å². The molecule has 0 bridgehead atoms. The lowest BCUT2D eigenvalue weighted by atomic mass is 9.84. The topological polar surface area (TPSA) is 59.2 Å². The van der Waals surface area contributed by atoms with E-state index in [1.54, 1.807) is 10.3 Å². The Morgan fingerprint density at radius 1 is 1.64 bits per heavy atom. The molecule has 14 heavy (non-hydrogen) atoms. The molecule has 5 heteroatoms. The van der Waals surface area contributed by atoms with Crippen molar-refractivity contribution in [1.29, 1.82) is 0 Å². The number of carbonyl (C=O) groups excluding carboxylic acids is 1. The molecule has 4 nitrogen and oxygen atoms in total. The van der Waals surface area contributed by atoms with Crippen molar-refractivity contribution in [2.45, 2.75) is 13.8 Å². The summed E-state index contributed by atoms with van der Waals surface area (Å²) in [5.41, 5.74) is 6.20. The molecule has 1 saturated heterocycles. The average Bonchev–Trinajstić information content (AvgIpc) is 2.46. The molecule has 1 aliphatic rings. The minimum absolute atomic E-state index is 0.00252. The first-order valence-electron chi connectivity index (χ1n) is 4.48. The number of thiazole rings is 1. The molecule has 1 fully saturated rings. The normalized spacial score (nSPS) is 19.1. The third-order valence-electron chi connectivity index (χ3n) is 2.27. The van der Waals surface area contributed by atoms with E-state index in [1.807, 2.05) is 0 Å². The molecule has 2 N–H and O–H groups in total. The van der Waals surface area contributed by atoms with Crippen LogP contribution >= 0.6 is 11.3 Å². The van der Waals surface area contributed by atoms with Gasteiger partial charge in [0.15, 0.2) is 5.13 Å². The third kappa shape index (κ3) is 1.59. The number of amides is 1. The van der Waals surface area contributed by atoms with E-state index in [0.717, 1.165) is 13.1 Å². The van der Waals surface area contributed by atoms with Crippen molar-refractivity contribution >= 4 is 22.4 Å². The van der Waals surface area contributed by atoms with E-state index in [4.69, 9.17) is 5.73 Å². The summed E-state index contributed by atoms with van der Waals surface area (Å²) in [4.78, 5) is 17.5. The molecule has 2 heterocycles. The van der Waals surface area contributed by atoms with E-state index in [-0.39, 0.29) is 11.3 Å². The highest BCUT2D eigenvalue weighted by Crippen LogP contribution is 2.30. The van der Waals surface area contributed by atoms with Gasteiger partial charge in [0.2, 0.25) is 0 Å². The van der Waals surface area contributed by atoms with Crippen LogP contribution in [0, 0.1) is 5.41 Å². The fourth-order valence-electron chi connectivity index (χ4n) is 1.68. The molecule has 1 amide bonds. The van der Waals surface area contributed by atoms with Gasteiger partial charge in [0.05, 0.1) is 0 Å². The van der Waals surface area contributed by atoms with Gasteiger partial charge in [-0.1, -0.05) is 13.8 Å². The molecule has 1 aliphatic heterocycles. The Morgan fingerprint density at radius 3 is 2.71 bits per heavy atom. The number of nitrogen functional groups attached to an aromatic ring is 1. The van der Waals surface area contributed by atoms with Crippen molar-refractivity contribution in [1.82, 2.24) is 9.88 Å². The first-order valence-corrected chi connectivity index (χ1v) is 5.36. The molecule has 0 unspecified atom stereocenters. The fourth-order valence-corrected chi connectivity index (χ4v) is 2.22. The molecule has 0 spiro atoms. The predicted molar refractivity (Wildman–Crippen MR) is 56.2 cm³/mol. The van der Waals surface area contributed by atoms with Crippen LogP contribution in [0.15, 0.2) is 5.38 Å². The lowest BCUT2D eigenvalue weighted by Gasteiger charge is -2.45. The van der Waals surface area contributed by atoms with Gasteiger partial charge in [0, 0.05) is 18.5 Å². The number of anilines is 1. The van der Waals surface area contributed by atoms with Crippen LogP contribution in [0.25, 0.3) is 0 Å². The van der Waals surface area contributed by atoms with E-state index < -0.39 is 0 Å². The second kappa shape index (κ2) is 2.95. The van der Waals surface area contributed by atoms with Gasteiger partial charge in [0.25, 0.3) is 5.91 Å². The minimum Gasteiger partial charge on any atom is -0.375 e. The molecule has 1 aromatic rings. The molecule has 0 aromatic carbocycles. The highest BCUT2D eigenvalue weighted by Gasteiger charge is 2.38. The molecular formula is C9H13N3OS. The van der Waals surface area contributed by atoms with Crippen LogP contribution in [0.4, 0.5) is 5.13 Å². The summed E-state index contributed by atoms with van der Waals surface area (Å²) in [5.74, 6) is -0.00252. The Labute approximate surface area is 86.7 Å². The summed E-state index contributed by atoms with van der Waals surface area (Å²) >= 11 is 1.30. The number of nitrogens with two attached hydrogens (primary N) is 1. The molecule has 0 atom stereocenters. The number of carbonyl (C=O) groups is 1. The number of rotatable bonds is 1. The number of aromatic nitrogens is 1. The quantitative estimate of drug-likeness (QED) is 0.759. The average molecular weight is 211 g/mol. The SMILES string of the molecule is CC1(C)CN(C(=O)c2csc(N)n2)C1. The van der Waals surface area contributed by atoms with Gasteiger partial charge in [-0.2, -0.15) is 0 Å². The Balaban J connectivity index is 2.04. The number of hydrogen-bond acceptors (Lipinski definition) is 4. The summed E-state index contributed by atoms with van der Waals surface area (Å²) in [6, 6.07) is 0.